The second kappa shape index (κ2) is 45.3. The van der Waals surface area contributed by atoms with Gasteiger partial charge < -0.3 is 33.2 Å². The van der Waals surface area contributed by atoms with Crippen molar-refractivity contribution in [3.8, 4) is 46.0 Å². The Morgan fingerprint density at radius 1 is 0.263 bits per heavy atom. The molecule has 630 valence electrons. The lowest BCUT2D eigenvalue weighted by Gasteiger charge is -2.29. The summed E-state index contributed by atoms with van der Waals surface area (Å²) in [6.07, 6.45) is 8.66. The van der Waals surface area contributed by atoms with E-state index < -0.39 is 0 Å². The van der Waals surface area contributed by atoms with Crippen LogP contribution in [0.1, 0.15) is 255 Å². The Hall–Kier alpha value is -9.98. The second-order valence-electron chi connectivity index (χ2n) is 35.3. The third-order valence-electron chi connectivity index (χ3n) is 22.6. The third-order valence-corrected chi connectivity index (χ3v) is 22.6. The summed E-state index contributed by atoms with van der Waals surface area (Å²) in [6.45, 7) is 60.1. The molecule has 11 aromatic carbocycles. The van der Waals surface area contributed by atoms with Crippen LogP contribution >= 0.6 is 0 Å². The molecule has 0 atom stereocenters. The first kappa shape index (κ1) is 95.2. The summed E-state index contributed by atoms with van der Waals surface area (Å²) in [5.41, 5.74) is 30.1. The molecule has 0 aliphatic heterocycles. The van der Waals surface area contributed by atoms with Gasteiger partial charge in [-0.1, -0.05) is 289 Å². The number of methoxy groups -OCH3 is 2. The average molecular weight is 1590 g/mol. The summed E-state index contributed by atoms with van der Waals surface area (Å²) in [5.74, 6) is 9.20. The molecule has 0 N–H and O–H groups in total. The quantitative estimate of drug-likeness (QED) is 0.0416. The van der Waals surface area contributed by atoms with E-state index in [-0.39, 0.29) is 16.2 Å². The smallest absolute Gasteiger partial charge is 0.127 e. The van der Waals surface area contributed by atoms with Crippen LogP contribution in [0.3, 0.4) is 0 Å². The molecular weight excluding hydrogens is 1450 g/mol. The fourth-order valence-electron chi connectivity index (χ4n) is 15.2. The molecule has 0 aromatic heterocycles. The van der Waals surface area contributed by atoms with E-state index in [9.17, 15) is 0 Å². The Labute approximate surface area is 714 Å². The van der Waals surface area contributed by atoms with Gasteiger partial charge in [0, 0.05) is 16.2 Å². The highest BCUT2D eigenvalue weighted by molar-refractivity contribution is 5.56. The summed E-state index contributed by atoms with van der Waals surface area (Å²) in [7, 11) is 3.46. The minimum atomic E-state index is -0.0992. The van der Waals surface area contributed by atoms with E-state index in [1.54, 1.807) is 14.2 Å². The Morgan fingerprint density at radius 2 is 0.492 bits per heavy atom. The van der Waals surface area contributed by atoms with Crippen molar-refractivity contribution < 1.29 is 33.2 Å². The van der Waals surface area contributed by atoms with Gasteiger partial charge in [-0.2, -0.15) is 0 Å². The number of hydrogen-bond donors (Lipinski definition) is 0. The fraction of sp³-hybridized carbons (Fsp3) is 0.405. The monoisotopic (exact) mass is 1590 g/mol. The molecule has 0 aliphatic carbocycles. The van der Waals surface area contributed by atoms with E-state index >= 15 is 0 Å². The minimum Gasteiger partial charge on any atom is -0.496 e. The number of rotatable bonds is 30. The molecular formula is C111H144O7. The molecule has 0 saturated carbocycles. The minimum absolute atomic E-state index is 0.0798. The molecule has 0 spiro atoms. The van der Waals surface area contributed by atoms with E-state index in [4.69, 9.17) is 33.2 Å². The summed E-state index contributed by atoms with van der Waals surface area (Å²) >= 11 is 0. The summed E-state index contributed by atoms with van der Waals surface area (Å²) in [6, 6.07) is 73.6. The topological polar surface area (TPSA) is 64.6 Å². The number of hydrogen-bond acceptors (Lipinski definition) is 7. The van der Waals surface area contributed by atoms with Crippen LogP contribution in [0, 0.1) is 109 Å². The van der Waals surface area contributed by atoms with Crippen LogP contribution in [0.2, 0.25) is 0 Å². The average Bonchev–Trinajstić information content (AvgIpc) is 0.784. The Kier molecular flexibility index (Phi) is 36.5. The predicted molar refractivity (Wildman–Crippen MR) is 503 cm³/mol. The summed E-state index contributed by atoms with van der Waals surface area (Å²) < 4.78 is 41.1. The highest BCUT2D eigenvalue weighted by Gasteiger charge is 2.30. The molecule has 0 amide bonds. The van der Waals surface area contributed by atoms with Crippen molar-refractivity contribution in [1.82, 2.24) is 0 Å². The normalized spacial score (nSPS) is 11.3. The molecule has 0 aliphatic rings. The molecule has 11 aromatic rings. The number of aryl methyl sites for hydroxylation is 14. The predicted octanol–water partition coefficient (Wildman–Crippen LogP) is 29.9. The first-order valence-electron chi connectivity index (χ1n) is 43.3. The van der Waals surface area contributed by atoms with Crippen molar-refractivity contribution in [3.05, 3.63) is 340 Å². The van der Waals surface area contributed by atoms with E-state index in [1.807, 2.05) is 48.5 Å². The lowest BCUT2D eigenvalue weighted by Crippen LogP contribution is -2.20. The van der Waals surface area contributed by atoms with Crippen LogP contribution in [0.25, 0.3) is 0 Å². The Morgan fingerprint density at radius 3 is 0.720 bits per heavy atom. The zero-order valence-corrected chi connectivity index (χ0v) is 77.6. The molecule has 0 unspecified atom stereocenters. The van der Waals surface area contributed by atoms with Crippen LogP contribution in [-0.4, -0.2) is 40.6 Å². The molecule has 0 saturated heterocycles. The van der Waals surface area contributed by atoms with Crippen LogP contribution < -0.4 is 33.2 Å². The van der Waals surface area contributed by atoms with Gasteiger partial charge in [0.2, 0.25) is 0 Å². The van der Waals surface area contributed by atoms with Gasteiger partial charge >= 0.3 is 0 Å². The number of unbranched alkanes of at least 4 members (excludes halogenated alkanes) is 2. The number of ether oxygens (including phenoxy) is 7. The maximum Gasteiger partial charge on any atom is 0.127 e. The SMILES string of the molecule is CCCCOc1c(C)cc(C(C)(C)c2cc(C)c(OCCCC)c(C)c2)cc1C.COc1c(C)cc(C(C)(C)c2cc(C)c(OC)c(C)c2)cc1C.Cc1cc(C(C)(C)c2cc(C)c(OCCC(C)C)c(C)c2)cc(C)c1OCCC(C)C.Cc1ccc(Oc2ccc(C)cc2)cc1.c1ccc(Cc2cccc(Cc3ccccc3)c2)cc1. The first-order valence-corrected chi connectivity index (χ1v) is 43.3. The molecule has 0 radical (unpaired) electrons. The first-order chi connectivity index (χ1) is 56.0. The van der Waals surface area contributed by atoms with Gasteiger partial charge in [0.05, 0.1) is 40.6 Å². The van der Waals surface area contributed by atoms with Gasteiger partial charge in [-0.05, 0) is 294 Å². The Balaban J connectivity index is 0.000000207. The van der Waals surface area contributed by atoms with Crippen molar-refractivity contribution in [1.29, 1.82) is 0 Å². The molecule has 7 heteroatoms. The van der Waals surface area contributed by atoms with Crippen LogP contribution in [0.4, 0.5) is 0 Å². The lowest BCUT2D eigenvalue weighted by molar-refractivity contribution is 0.286. The van der Waals surface area contributed by atoms with Gasteiger partial charge in [0.25, 0.3) is 0 Å². The fourth-order valence-corrected chi connectivity index (χ4v) is 15.2. The highest BCUT2D eigenvalue weighted by atomic mass is 16.5. The standard InChI is InChI=1S/C29H44O2.C27H40O2.C21H28O2.C20H18.C14H14O/c1-19(2)11-13-30-27-21(5)15-25(16-22(27)6)29(9,10)26-17-23(7)28(24(8)18-26)31-14-12-20(3)4;1-9-11-13-28-25-19(3)15-23(16-20(25)4)27(7,8)24-17-21(5)26(22(6)18-24)29-14-12-10-2;1-13-9-17(10-14(2)19(13)22-7)21(5,6)18-11-15(3)20(23-8)16(4)12-18;1-3-8-17(9-4-1)14-19-12-7-13-20(16-19)15-18-10-5-2-6-11-18;1-11-3-7-13(8-4-11)15-14-9-5-12(2)6-10-14/h15-20H,11-14H2,1-10H3;15-18H,9-14H2,1-8H3;9-12H,1-8H3;1-13,16H,14-15H2;3-10H,1-2H3. The second-order valence-corrected chi connectivity index (χ2v) is 35.3. The van der Waals surface area contributed by atoms with Crippen LogP contribution in [0.15, 0.2) is 206 Å². The maximum absolute atomic E-state index is 6.14. The summed E-state index contributed by atoms with van der Waals surface area (Å²) in [4.78, 5) is 0. The molecule has 11 rings (SSSR count). The van der Waals surface area contributed by atoms with Gasteiger partial charge in [-0.15, -0.1) is 0 Å². The van der Waals surface area contributed by atoms with Crippen LogP contribution in [-0.2, 0) is 29.1 Å². The molecule has 0 heterocycles. The van der Waals surface area contributed by atoms with Crippen molar-refractivity contribution >= 4 is 0 Å². The molecule has 0 bridgehead atoms. The van der Waals surface area contributed by atoms with E-state index in [0.29, 0.717) is 11.8 Å². The van der Waals surface area contributed by atoms with Crippen molar-refractivity contribution in [2.75, 3.05) is 40.6 Å². The lowest BCUT2D eigenvalue weighted by atomic mass is 9.76. The van der Waals surface area contributed by atoms with Gasteiger partial charge in [0.15, 0.2) is 0 Å². The molecule has 118 heavy (non-hydrogen) atoms. The molecule has 0 fully saturated rings. The Bertz CT molecular complexity index is 4500. The van der Waals surface area contributed by atoms with Gasteiger partial charge in [-0.25, -0.2) is 0 Å². The summed E-state index contributed by atoms with van der Waals surface area (Å²) in [5, 5.41) is 0. The van der Waals surface area contributed by atoms with Crippen molar-refractivity contribution in [2.24, 2.45) is 11.8 Å². The van der Waals surface area contributed by atoms with Crippen molar-refractivity contribution in [3.63, 3.8) is 0 Å². The van der Waals surface area contributed by atoms with Crippen LogP contribution in [0.5, 0.6) is 46.0 Å². The highest BCUT2D eigenvalue weighted by Crippen LogP contribution is 2.43. The van der Waals surface area contributed by atoms with E-state index in [0.717, 1.165) is 124 Å². The molecule has 7 nitrogen and oxygen atoms in total. The van der Waals surface area contributed by atoms with Crippen molar-refractivity contribution in [2.45, 2.75) is 248 Å². The van der Waals surface area contributed by atoms with E-state index in [1.165, 1.54) is 134 Å². The van der Waals surface area contributed by atoms with Gasteiger partial charge in [0.1, 0.15) is 46.0 Å². The maximum atomic E-state index is 6.14. The van der Waals surface area contributed by atoms with E-state index in [2.05, 4.69) is 338 Å². The largest absolute Gasteiger partial charge is 0.496 e. The zero-order valence-electron chi connectivity index (χ0n) is 77.6. The number of benzene rings is 11. The zero-order chi connectivity index (χ0) is 86.6. The van der Waals surface area contributed by atoms with Gasteiger partial charge in [-0.3, -0.25) is 0 Å². The third kappa shape index (κ3) is 27.5.